The van der Waals surface area contributed by atoms with Gasteiger partial charge in [-0.15, -0.1) is 0 Å². The fourth-order valence-electron chi connectivity index (χ4n) is 4.59. The molecule has 39 heavy (non-hydrogen) atoms. The summed E-state index contributed by atoms with van der Waals surface area (Å²) in [4.78, 5) is 23.7. The number of imidazole rings is 1. The molecule has 0 aliphatic carbocycles. The number of amides is 1. The Labute approximate surface area is 223 Å². The van der Waals surface area contributed by atoms with E-state index in [1.807, 2.05) is 6.07 Å². The second kappa shape index (κ2) is 11.3. The van der Waals surface area contributed by atoms with Gasteiger partial charge in [-0.2, -0.15) is 13.2 Å². The van der Waals surface area contributed by atoms with Crippen LogP contribution in [-0.2, 0) is 13.2 Å². The molecule has 0 spiro atoms. The number of likely N-dealkylation sites (tertiary alicyclic amines) is 1. The summed E-state index contributed by atoms with van der Waals surface area (Å²) in [6.45, 7) is 3.82. The van der Waals surface area contributed by atoms with E-state index < -0.39 is 11.7 Å². The molecule has 2 aromatic carbocycles. The molecular formula is C28H29F3N6O2. The van der Waals surface area contributed by atoms with Crippen molar-refractivity contribution in [3.63, 3.8) is 0 Å². The highest BCUT2D eigenvalue weighted by molar-refractivity contribution is 5.92. The molecule has 1 aliphatic heterocycles. The number of ether oxygens (including phenoxy) is 1. The van der Waals surface area contributed by atoms with Gasteiger partial charge in [0.15, 0.2) is 0 Å². The minimum Gasteiger partial charge on any atom is -0.457 e. The number of hydrogen-bond donors (Lipinski definition) is 2. The quantitative estimate of drug-likeness (QED) is 0.265. The highest BCUT2D eigenvalue weighted by atomic mass is 19.4. The number of pyridine rings is 1. The fourth-order valence-corrected chi connectivity index (χ4v) is 4.59. The van der Waals surface area contributed by atoms with Crippen molar-refractivity contribution in [2.45, 2.75) is 25.4 Å². The number of anilines is 2. The van der Waals surface area contributed by atoms with Crippen LogP contribution in [0.1, 0.15) is 35.3 Å². The molecule has 1 amide bonds. The van der Waals surface area contributed by atoms with Crippen LogP contribution in [0.2, 0.25) is 0 Å². The zero-order valence-electron chi connectivity index (χ0n) is 21.5. The van der Waals surface area contributed by atoms with Crippen LogP contribution in [-0.4, -0.2) is 51.5 Å². The maximum absolute atomic E-state index is 13.1. The Morgan fingerprint density at radius 3 is 2.64 bits per heavy atom. The zero-order valence-corrected chi connectivity index (χ0v) is 21.5. The van der Waals surface area contributed by atoms with Gasteiger partial charge in [0.25, 0.3) is 5.91 Å². The van der Waals surface area contributed by atoms with E-state index in [2.05, 4.69) is 25.5 Å². The molecule has 2 N–H and O–H groups in total. The second-order valence-electron chi connectivity index (χ2n) is 9.49. The van der Waals surface area contributed by atoms with Crippen molar-refractivity contribution in [3.8, 4) is 11.5 Å². The number of nitrogens with zero attached hydrogens (tertiary/aromatic N) is 4. The van der Waals surface area contributed by atoms with Crippen molar-refractivity contribution in [3.05, 3.63) is 72.1 Å². The van der Waals surface area contributed by atoms with E-state index in [4.69, 9.17) is 4.74 Å². The number of alkyl halides is 3. The van der Waals surface area contributed by atoms with Crippen LogP contribution in [0.3, 0.4) is 0 Å². The van der Waals surface area contributed by atoms with Crippen LogP contribution in [0.4, 0.5) is 24.8 Å². The zero-order chi connectivity index (χ0) is 27.4. The third kappa shape index (κ3) is 6.48. The van der Waals surface area contributed by atoms with Gasteiger partial charge in [-0.3, -0.25) is 9.78 Å². The summed E-state index contributed by atoms with van der Waals surface area (Å²) >= 11 is 0. The Balaban J connectivity index is 1.24. The van der Waals surface area contributed by atoms with E-state index >= 15 is 0 Å². The summed E-state index contributed by atoms with van der Waals surface area (Å²) in [5.74, 6) is 1.07. The van der Waals surface area contributed by atoms with Gasteiger partial charge in [0.05, 0.1) is 16.6 Å². The molecule has 0 radical (unpaired) electrons. The van der Waals surface area contributed by atoms with Crippen molar-refractivity contribution < 1.29 is 22.7 Å². The van der Waals surface area contributed by atoms with Gasteiger partial charge >= 0.3 is 6.18 Å². The SMILES string of the molecule is Cn1c(Nc2cccc(C(F)(F)F)c2)nc2cc(Oc3ccnc(C(=O)NCCCN4CCCC4)c3)ccc21. The van der Waals surface area contributed by atoms with Gasteiger partial charge in [0.2, 0.25) is 5.95 Å². The molecule has 11 heteroatoms. The predicted molar refractivity (Wildman–Crippen MR) is 142 cm³/mol. The van der Waals surface area contributed by atoms with Crippen LogP contribution in [0.25, 0.3) is 11.0 Å². The van der Waals surface area contributed by atoms with E-state index in [0.717, 1.165) is 43.7 Å². The number of halogens is 3. The Kier molecular flexibility index (Phi) is 7.69. The average Bonchev–Trinajstić information content (AvgIpc) is 3.54. The minimum absolute atomic E-state index is 0.257. The number of fused-ring (bicyclic) bond motifs is 1. The molecule has 0 saturated carbocycles. The smallest absolute Gasteiger partial charge is 0.416 e. The lowest BCUT2D eigenvalue weighted by atomic mass is 10.2. The summed E-state index contributed by atoms with van der Waals surface area (Å²) in [7, 11) is 1.77. The van der Waals surface area contributed by atoms with E-state index in [9.17, 15) is 18.0 Å². The first-order chi connectivity index (χ1) is 18.8. The van der Waals surface area contributed by atoms with Crippen LogP contribution in [0.5, 0.6) is 11.5 Å². The number of carbonyl (C=O) groups is 1. The lowest BCUT2D eigenvalue weighted by molar-refractivity contribution is -0.137. The number of aromatic nitrogens is 3. The van der Waals surface area contributed by atoms with Crippen molar-refractivity contribution in [1.82, 2.24) is 24.8 Å². The van der Waals surface area contributed by atoms with Gasteiger partial charge in [-0.1, -0.05) is 6.07 Å². The van der Waals surface area contributed by atoms with E-state index in [-0.39, 0.29) is 17.3 Å². The van der Waals surface area contributed by atoms with Crippen LogP contribution in [0, 0.1) is 0 Å². The lowest BCUT2D eigenvalue weighted by Crippen LogP contribution is -2.29. The lowest BCUT2D eigenvalue weighted by Gasteiger charge is -2.14. The highest BCUT2D eigenvalue weighted by Crippen LogP contribution is 2.32. The first-order valence-electron chi connectivity index (χ1n) is 12.8. The summed E-state index contributed by atoms with van der Waals surface area (Å²) in [6.07, 6.45) is 0.459. The van der Waals surface area contributed by atoms with Crippen molar-refractivity contribution >= 4 is 28.6 Å². The molecule has 204 valence electrons. The molecular weight excluding hydrogens is 509 g/mol. The first kappa shape index (κ1) is 26.5. The van der Waals surface area contributed by atoms with Gasteiger partial charge in [-0.25, -0.2) is 4.98 Å². The summed E-state index contributed by atoms with van der Waals surface area (Å²) in [5, 5.41) is 5.87. The molecule has 2 aromatic heterocycles. The van der Waals surface area contributed by atoms with Crippen LogP contribution < -0.4 is 15.4 Å². The van der Waals surface area contributed by atoms with E-state index in [1.165, 1.54) is 25.1 Å². The fraction of sp³-hybridized carbons (Fsp3) is 0.321. The normalized spacial score (nSPS) is 14.1. The number of rotatable bonds is 9. The number of hydrogen-bond acceptors (Lipinski definition) is 6. The molecule has 1 aliphatic rings. The van der Waals surface area contributed by atoms with Gasteiger partial charge in [0, 0.05) is 37.6 Å². The standard InChI is InChI=1S/C28H29F3N6O2/c1-36-25-9-8-21(17-23(25)35-27(36)34-20-7-4-6-19(16-20)28(29,30)31)39-22-10-12-32-24(18-22)26(38)33-11-5-15-37-13-2-3-14-37/h4,6-10,12,16-18H,2-3,5,11,13-15H2,1H3,(H,33,38)(H,34,35). The van der Waals surface area contributed by atoms with Crippen molar-refractivity contribution in [2.24, 2.45) is 7.05 Å². The topological polar surface area (TPSA) is 84.3 Å². The maximum atomic E-state index is 13.1. The van der Waals surface area contributed by atoms with Crippen molar-refractivity contribution in [1.29, 1.82) is 0 Å². The van der Waals surface area contributed by atoms with Gasteiger partial charge < -0.3 is 24.8 Å². The van der Waals surface area contributed by atoms with Crippen LogP contribution >= 0.6 is 0 Å². The van der Waals surface area contributed by atoms with E-state index in [1.54, 1.807) is 41.9 Å². The Hall–Kier alpha value is -4.12. The first-order valence-corrected chi connectivity index (χ1v) is 12.8. The maximum Gasteiger partial charge on any atom is 0.416 e. The predicted octanol–water partition coefficient (Wildman–Crippen LogP) is 5.74. The van der Waals surface area contributed by atoms with Gasteiger partial charge in [-0.05, 0) is 75.3 Å². The summed E-state index contributed by atoms with van der Waals surface area (Å²) < 4.78 is 47.0. The molecule has 0 unspecified atom stereocenters. The molecule has 0 atom stereocenters. The molecule has 0 bridgehead atoms. The second-order valence-corrected chi connectivity index (χ2v) is 9.49. The van der Waals surface area contributed by atoms with Gasteiger partial charge in [0.1, 0.15) is 17.2 Å². The molecule has 1 fully saturated rings. The molecule has 8 nitrogen and oxygen atoms in total. The Morgan fingerprint density at radius 2 is 1.85 bits per heavy atom. The molecule has 1 saturated heterocycles. The number of carbonyl (C=O) groups excluding carboxylic acids is 1. The number of benzene rings is 2. The number of aryl methyl sites for hydroxylation is 1. The molecule has 5 rings (SSSR count). The Morgan fingerprint density at radius 1 is 1.05 bits per heavy atom. The average molecular weight is 539 g/mol. The van der Waals surface area contributed by atoms with E-state index in [0.29, 0.717) is 29.5 Å². The summed E-state index contributed by atoms with van der Waals surface area (Å²) in [5.41, 5.74) is 1.16. The third-order valence-corrected chi connectivity index (χ3v) is 6.63. The largest absolute Gasteiger partial charge is 0.457 e. The molecule has 4 aromatic rings. The molecule has 3 heterocycles. The minimum atomic E-state index is -4.43. The van der Waals surface area contributed by atoms with Crippen molar-refractivity contribution in [2.75, 3.05) is 31.5 Å². The monoisotopic (exact) mass is 538 g/mol. The highest BCUT2D eigenvalue weighted by Gasteiger charge is 2.30. The summed E-state index contributed by atoms with van der Waals surface area (Å²) in [6, 6.07) is 13.5. The Bertz CT molecular complexity index is 1460. The third-order valence-electron chi connectivity index (χ3n) is 6.63. The van der Waals surface area contributed by atoms with Crippen LogP contribution in [0.15, 0.2) is 60.8 Å². The number of nitrogens with one attached hydrogen (secondary N) is 2.